The van der Waals surface area contributed by atoms with Gasteiger partial charge in [-0.15, -0.1) is 0 Å². The van der Waals surface area contributed by atoms with Crippen molar-refractivity contribution in [2.45, 2.75) is 33.3 Å². The number of ether oxygens (including phenoxy) is 1. The van der Waals surface area contributed by atoms with Gasteiger partial charge in [0.15, 0.2) is 5.96 Å². The summed E-state index contributed by atoms with van der Waals surface area (Å²) in [6.45, 7) is 17.2. The molecule has 0 radical (unpaired) electrons. The van der Waals surface area contributed by atoms with Crippen LogP contribution in [0.3, 0.4) is 0 Å². The Morgan fingerprint density at radius 3 is 2.34 bits per heavy atom. The molecule has 2 aliphatic heterocycles. The number of piperazine rings is 2. The third-order valence-electron chi connectivity index (χ3n) is 5.59. The second kappa shape index (κ2) is 11.4. The lowest BCUT2D eigenvalue weighted by atomic mass is 10.2. The van der Waals surface area contributed by atoms with E-state index in [-0.39, 0.29) is 6.09 Å². The molecule has 32 heavy (non-hydrogen) atoms. The van der Waals surface area contributed by atoms with E-state index in [0.29, 0.717) is 13.1 Å². The summed E-state index contributed by atoms with van der Waals surface area (Å²) in [4.78, 5) is 30.4. The summed E-state index contributed by atoms with van der Waals surface area (Å²) in [7, 11) is 0. The van der Waals surface area contributed by atoms with Crippen LogP contribution in [0.25, 0.3) is 0 Å². The summed E-state index contributed by atoms with van der Waals surface area (Å²) in [5, 5.41) is 3.44. The first-order valence-corrected chi connectivity index (χ1v) is 11.8. The van der Waals surface area contributed by atoms with E-state index in [1.165, 1.54) is 0 Å². The fourth-order valence-electron chi connectivity index (χ4n) is 3.89. The van der Waals surface area contributed by atoms with E-state index in [2.05, 4.69) is 38.0 Å². The minimum atomic E-state index is -0.450. The number of nitrogens with zero attached hydrogens (tertiary/aromatic N) is 6. The molecule has 0 aromatic carbocycles. The smallest absolute Gasteiger partial charge is 0.410 e. The van der Waals surface area contributed by atoms with Crippen molar-refractivity contribution < 1.29 is 9.53 Å². The van der Waals surface area contributed by atoms with Crippen LogP contribution >= 0.6 is 0 Å². The molecule has 9 nitrogen and oxygen atoms in total. The first kappa shape index (κ1) is 24.1. The molecule has 0 bridgehead atoms. The standard InChI is InChI=1S/C23H39N7O2/c1-5-24-21(29-18-16-28(17-19-29)20-8-6-7-9-25-20)26-10-11-27-12-14-30(15-13-27)22(31)32-23(2,3)4/h6-9H,5,10-19H2,1-4H3,(H,24,26). The van der Waals surface area contributed by atoms with Crippen LogP contribution in [0.5, 0.6) is 0 Å². The molecule has 0 spiro atoms. The molecule has 1 aromatic heterocycles. The molecule has 0 unspecified atom stereocenters. The van der Waals surface area contributed by atoms with Gasteiger partial charge in [-0.3, -0.25) is 9.89 Å². The molecule has 3 heterocycles. The van der Waals surface area contributed by atoms with E-state index in [1.807, 2.05) is 39.1 Å². The van der Waals surface area contributed by atoms with Crippen molar-refractivity contribution in [1.29, 1.82) is 0 Å². The Hall–Kier alpha value is -2.55. The van der Waals surface area contributed by atoms with Crippen LogP contribution in [0.15, 0.2) is 29.4 Å². The van der Waals surface area contributed by atoms with Crippen molar-refractivity contribution in [3.63, 3.8) is 0 Å². The quantitative estimate of drug-likeness (QED) is 0.546. The van der Waals surface area contributed by atoms with Crippen molar-refractivity contribution in [2.24, 2.45) is 4.99 Å². The average molecular weight is 446 g/mol. The molecule has 3 rings (SSSR count). The van der Waals surface area contributed by atoms with Crippen LogP contribution < -0.4 is 10.2 Å². The van der Waals surface area contributed by atoms with Gasteiger partial charge < -0.3 is 24.8 Å². The molecule has 2 aliphatic rings. The number of nitrogens with one attached hydrogen (secondary N) is 1. The Morgan fingerprint density at radius 1 is 1.06 bits per heavy atom. The zero-order valence-corrected chi connectivity index (χ0v) is 20.1. The third-order valence-corrected chi connectivity index (χ3v) is 5.59. The highest BCUT2D eigenvalue weighted by atomic mass is 16.6. The SMILES string of the molecule is CCNC(=NCCN1CCN(C(=O)OC(C)(C)C)CC1)N1CCN(c2ccccn2)CC1. The normalized spacial score (nSPS) is 18.6. The summed E-state index contributed by atoms with van der Waals surface area (Å²) in [5.41, 5.74) is -0.450. The van der Waals surface area contributed by atoms with Gasteiger partial charge in [0, 0.05) is 71.6 Å². The molecule has 2 fully saturated rings. The summed E-state index contributed by atoms with van der Waals surface area (Å²) >= 11 is 0. The maximum absolute atomic E-state index is 12.2. The van der Waals surface area contributed by atoms with Gasteiger partial charge in [0.25, 0.3) is 0 Å². The Balaban J connectivity index is 1.43. The lowest BCUT2D eigenvalue weighted by Gasteiger charge is -2.37. The summed E-state index contributed by atoms with van der Waals surface area (Å²) in [6.07, 6.45) is 1.63. The summed E-state index contributed by atoms with van der Waals surface area (Å²) in [6, 6.07) is 6.05. The first-order valence-electron chi connectivity index (χ1n) is 11.8. The maximum atomic E-state index is 12.2. The van der Waals surface area contributed by atoms with Crippen LogP contribution in [-0.2, 0) is 4.74 Å². The average Bonchev–Trinajstić information content (AvgIpc) is 2.78. The molecule has 1 amide bonds. The number of aliphatic imine (C=N–C) groups is 1. The van der Waals surface area contributed by atoms with Gasteiger partial charge in [-0.2, -0.15) is 0 Å². The number of anilines is 1. The maximum Gasteiger partial charge on any atom is 0.410 e. The predicted molar refractivity (Wildman–Crippen MR) is 128 cm³/mol. The van der Waals surface area contributed by atoms with Gasteiger partial charge in [0.05, 0.1) is 6.54 Å². The van der Waals surface area contributed by atoms with Crippen molar-refractivity contribution in [3.05, 3.63) is 24.4 Å². The highest BCUT2D eigenvalue weighted by Crippen LogP contribution is 2.13. The Bertz CT molecular complexity index is 734. The molecular weight excluding hydrogens is 406 g/mol. The molecule has 0 saturated carbocycles. The van der Waals surface area contributed by atoms with E-state index in [4.69, 9.17) is 9.73 Å². The van der Waals surface area contributed by atoms with E-state index >= 15 is 0 Å². The van der Waals surface area contributed by atoms with Crippen molar-refractivity contribution in [2.75, 3.05) is 76.9 Å². The highest BCUT2D eigenvalue weighted by molar-refractivity contribution is 5.80. The molecule has 0 aliphatic carbocycles. The molecule has 1 N–H and O–H groups in total. The van der Waals surface area contributed by atoms with Gasteiger partial charge in [0.2, 0.25) is 0 Å². The van der Waals surface area contributed by atoms with Crippen LogP contribution in [0.2, 0.25) is 0 Å². The summed E-state index contributed by atoms with van der Waals surface area (Å²) in [5.74, 6) is 2.03. The molecule has 178 valence electrons. The van der Waals surface area contributed by atoms with Crippen molar-refractivity contribution >= 4 is 17.9 Å². The molecule has 2 saturated heterocycles. The second-order valence-electron chi connectivity index (χ2n) is 9.21. The van der Waals surface area contributed by atoms with E-state index < -0.39 is 5.60 Å². The lowest BCUT2D eigenvalue weighted by molar-refractivity contribution is 0.0148. The predicted octanol–water partition coefficient (Wildman–Crippen LogP) is 1.72. The van der Waals surface area contributed by atoms with Gasteiger partial charge in [0.1, 0.15) is 11.4 Å². The van der Waals surface area contributed by atoms with Crippen LogP contribution in [0.4, 0.5) is 10.6 Å². The number of rotatable bonds is 5. The number of aromatic nitrogens is 1. The molecular formula is C23H39N7O2. The fraction of sp³-hybridized carbons (Fsp3) is 0.696. The first-order chi connectivity index (χ1) is 15.4. The number of amides is 1. The Morgan fingerprint density at radius 2 is 1.75 bits per heavy atom. The van der Waals surface area contributed by atoms with Gasteiger partial charge in [-0.1, -0.05) is 6.07 Å². The molecule has 1 aromatic rings. The largest absolute Gasteiger partial charge is 0.444 e. The van der Waals surface area contributed by atoms with E-state index in [1.54, 1.807) is 4.90 Å². The van der Waals surface area contributed by atoms with Gasteiger partial charge in [-0.05, 0) is 39.8 Å². The minimum Gasteiger partial charge on any atom is -0.444 e. The number of pyridine rings is 1. The molecule has 9 heteroatoms. The highest BCUT2D eigenvalue weighted by Gasteiger charge is 2.26. The second-order valence-corrected chi connectivity index (χ2v) is 9.21. The topological polar surface area (TPSA) is 76.5 Å². The van der Waals surface area contributed by atoms with E-state index in [9.17, 15) is 4.79 Å². The molecule has 0 atom stereocenters. The minimum absolute atomic E-state index is 0.213. The van der Waals surface area contributed by atoms with E-state index in [0.717, 1.165) is 70.7 Å². The van der Waals surface area contributed by atoms with Crippen LogP contribution in [0, 0.1) is 0 Å². The Kier molecular flexibility index (Phi) is 8.55. The number of hydrogen-bond acceptors (Lipinski definition) is 6. The zero-order chi connectivity index (χ0) is 23.0. The van der Waals surface area contributed by atoms with Gasteiger partial charge >= 0.3 is 6.09 Å². The van der Waals surface area contributed by atoms with Crippen LogP contribution in [-0.4, -0.2) is 109 Å². The zero-order valence-electron chi connectivity index (χ0n) is 20.1. The fourth-order valence-corrected chi connectivity index (χ4v) is 3.89. The summed E-state index contributed by atoms with van der Waals surface area (Å²) < 4.78 is 5.48. The number of carbonyl (C=O) groups excluding carboxylic acids is 1. The lowest BCUT2D eigenvalue weighted by Crippen LogP contribution is -2.53. The monoisotopic (exact) mass is 445 g/mol. The number of hydrogen-bond donors (Lipinski definition) is 1. The Labute approximate surface area is 192 Å². The number of guanidine groups is 1. The van der Waals surface area contributed by atoms with Crippen LogP contribution in [0.1, 0.15) is 27.7 Å². The number of carbonyl (C=O) groups is 1. The van der Waals surface area contributed by atoms with Crippen molar-refractivity contribution in [1.82, 2.24) is 25.0 Å². The van der Waals surface area contributed by atoms with Gasteiger partial charge in [-0.25, -0.2) is 9.78 Å². The van der Waals surface area contributed by atoms with Crippen molar-refractivity contribution in [3.8, 4) is 0 Å². The third kappa shape index (κ3) is 7.25.